The summed E-state index contributed by atoms with van der Waals surface area (Å²) in [5.41, 5.74) is 8.79. The number of alkyl carbamates (subject to hydrolysis) is 1. The zero-order valence-corrected chi connectivity index (χ0v) is 17.8. The molecule has 0 saturated carbocycles. The second-order valence-corrected chi connectivity index (χ2v) is 7.13. The number of carbonyl (C=O) groups is 2. The first-order chi connectivity index (χ1) is 15.5. The Morgan fingerprint density at radius 1 is 0.844 bits per heavy atom. The number of nitrogens with one attached hydrogen (secondary N) is 1. The zero-order chi connectivity index (χ0) is 22.8. The normalized spacial score (nSPS) is 11.3. The minimum absolute atomic E-state index is 0.0914. The largest absolute Gasteiger partial charge is 0.495 e. The fraction of sp³-hybridized carbons (Fsp3) is 0.200. The topological polar surface area (TPSA) is 99.9 Å². The minimum Gasteiger partial charge on any atom is -0.495 e. The molecule has 1 atom stereocenters. The molecule has 0 aromatic heterocycles. The summed E-state index contributed by atoms with van der Waals surface area (Å²) in [6.45, 7) is 0.191. The molecule has 3 aromatic carbocycles. The number of rotatable bonds is 9. The number of amides is 1. The van der Waals surface area contributed by atoms with Gasteiger partial charge in [-0.3, -0.25) is 0 Å². The highest BCUT2D eigenvalue weighted by Gasteiger charge is 2.24. The van der Waals surface area contributed by atoms with Crippen LogP contribution in [-0.4, -0.2) is 25.2 Å². The van der Waals surface area contributed by atoms with Crippen molar-refractivity contribution < 1.29 is 23.8 Å². The molecule has 0 spiro atoms. The lowest BCUT2D eigenvalue weighted by molar-refractivity contribution is -0.147. The van der Waals surface area contributed by atoms with Crippen molar-refractivity contribution in [3.8, 4) is 5.75 Å². The Balaban J connectivity index is 1.67. The number of hydrogen-bond acceptors (Lipinski definition) is 6. The van der Waals surface area contributed by atoms with E-state index < -0.39 is 18.1 Å². The Morgan fingerprint density at radius 3 is 2.03 bits per heavy atom. The van der Waals surface area contributed by atoms with Crippen LogP contribution in [0.5, 0.6) is 5.75 Å². The number of nitrogens with two attached hydrogens (primary N) is 1. The van der Waals surface area contributed by atoms with Crippen LogP contribution in [0.3, 0.4) is 0 Å². The van der Waals surface area contributed by atoms with Crippen LogP contribution in [0.2, 0.25) is 0 Å². The molecule has 3 aromatic rings. The van der Waals surface area contributed by atoms with E-state index in [9.17, 15) is 9.59 Å². The first-order valence-electron chi connectivity index (χ1n) is 10.2. The number of hydrogen-bond donors (Lipinski definition) is 2. The molecular formula is C25H26N2O5. The summed E-state index contributed by atoms with van der Waals surface area (Å²) in [4.78, 5) is 25.2. The van der Waals surface area contributed by atoms with Crippen LogP contribution in [0.4, 0.5) is 10.5 Å². The summed E-state index contributed by atoms with van der Waals surface area (Å²) in [6, 6.07) is 22.8. The van der Waals surface area contributed by atoms with Gasteiger partial charge in [-0.25, -0.2) is 9.59 Å². The Kier molecular flexibility index (Phi) is 8.09. The highest BCUT2D eigenvalue weighted by atomic mass is 16.6. The molecule has 32 heavy (non-hydrogen) atoms. The predicted molar refractivity (Wildman–Crippen MR) is 121 cm³/mol. The number of ether oxygens (including phenoxy) is 3. The molecule has 0 radical (unpaired) electrons. The van der Waals surface area contributed by atoms with Gasteiger partial charge in [-0.15, -0.1) is 0 Å². The van der Waals surface area contributed by atoms with Gasteiger partial charge in [0.15, 0.2) is 0 Å². The molecule has 3 rings (SSSR count). The van der Waals surface area contributed by atoms with Crippen LogP contribution in [0, 0.1) is 0 Å². The van der Waals surface area contributed by atoms with Gasteiger partial charge in [-0.2, -0.15) is 0 Å². The van der Waals surface area contributed by atoms with Crippen molar-refractivity contribution in [1.29, 1.82) is 0 Å². The second-order valence-electron chi connectivity index (χ2n) is 7.13. The minimum atomic E-state index is -0.949. The van der Waals surface area contributed by atoms with Gasteiger partial charge in [0.2, 0.25) is 0 Å². The average molecular weight is 434 g/mol. The quantitative estimate of drug-likeness (QED) is 0.392. The first kappa shape index (κ1) is 22.7. The number of methoxy groups -OCH3 is 1. The molecule has 0 aliphatic heterocycles. The summed E-state index contributed by atoms with van der Waals surface area (Å²) in [5.74, 6) is -0.0770. The lowest BCUT2D eigenvalue weighted by Gasteiger charge is -2.18. The van der Waals surface area contributed by atoms with Crippen LogP contribution in [-0.2, 0) is 33.9 Å². The van der Waals surface area contributed by atoms with Gasteiger partial charge in [-0.05, 0) is 28.8 Å². The average Bonchev–Trinajstić information content (AvgIpc) is 2.83. The van der Waals surface area contributed by atoms with Crippen molar-refractivity contribution in [2.24, 2.45) is 0 Å². The molecular weight excluding hydrogens is 408 g/mol. The van der Waals surface area contributed by atoms with E-state index in [1.165, 1.54) is 7.11 Å². The third-order valence-electron chi connectivity index (χ3n) is 4.75. The lowest BCUT2D eigenvalue weighted by atomic mass is 10.0. The van der Waals surface area contributed by atoms with Crippen molar-refractivity contribution in [3.05, 3.63) is 95.6 Å². The maximum absolute atomic E-state index is 12.8. The predicted octanol–water partition coefficient (Wildman–Crippen LogP) is 3.86. The summed E-state index contributed by atoms with van der Waals surface area (Å²) in [6.07, 6.45) is -0.525. The molecule has 1 amide bonds. The van der Waals surface area contributed by atoms with Gasteiger partial charge in [0.25, 0.3) is 0 Å². The molecule has 3 N–H and O–H groups in total. The number of nitrogen functional groups attached to an aromatic ring is 1. The van der Waals surface area contributed by atoms with Gasteiger partial charge in [-0.1, -0.05) is 66.7 Å². The Morgan fingerprint density at radius 2 is 1.44 bits per heavy atom. The highest BCUT2D eigenvalue weighted by Crippen LogP contribution is 2.23. The van der Waals surface area contributed by atoms with Crippen molar-refractivity contribution >= 4 is 17.7 Å². The fourth-order valence-corrected chi connectivity index (χ4v) is 3.05. The molecule has 0 heterocycles. The van der Waals surface area contributed by atoms with Crippen LogP contribution in [0.1, 0.15) is 16.7 Å². The van der Waals surface area contributed by atoms with Gasteiger partial charge >= 0.3 is 12.1 Å². The molecule has 166 valence electrons. The standard InChI is InChI=1S/C25H26N2O5/c1-30-23-15-20(12-13-21(23)26)14-22(24(28)31-16-18-8-4-2-5-9-18)27-25(29)32-17-19-10-6-3-7-11-19/h2-13,15,22H,14,16-17,26H2,1H3,(H,27,29)/t22-/m0/s1. The lowest BCUT2D eigenvalue weighted by Crippen LogP contribution is -2.43. The van der Waals surface area contributed by atoms with E-state index in [0.29, 0.717) is 11.4 Å². The molecule has 7 heteroatoms. The van der Waals surface area contributed by atoms with E-state index in [4.69, 9.17) is 19.9 Å². The molecule has 0 fully saturated rings. The van der Waals surface area contributed by atoms with E-state index in [0.717, 1.165) is 16.7 Å². The number of esters is 1. The molecule has 0 bridgehead atoms. The third kappa shape index (κ3) is 6.77. The van der Waals surface area contributed by atoms with E-state index >= 15 is 0 Å². The van der Waals surface area contributed by atoms with E-state index in [1.54, 1.807) is 18.2 Å². The van der Waals surface area contributed by atoms with Gasteiger partial charge in [0.1, 0.15) is 25.0 Å². The zero-order valence-electron chi connectivity index (χ0n) is 17.8. The maximum atomic E-state index is 12.8. The fourth-order valence-electron chi connectivity index (χ4n) is 3.05. The van der Waals surface area contributed by atoms with Crippen LogP contribution in [0.25, 0.3) is 0 Å². The summed E-state index contributed by atoms with van der Waals surface area (Å²) in [5, 5.41) is 2.62. The Hall–Kier alpha value is -4.00. The van der Waals surface area contributed by atoms with Crippen LogP contribution < -0.4 is 15.8 Å². The Labute approximate surface area is 187 Å². The van der Waals surface area contributed by atoms with Gasteiger partial charge in [0.05, 0.1) is 12.8 Å². The van der Waals surface area contributed by atoms with E-state index in [2.05, 4.69) is 5.32 Å². The molecule has 0 saturated heterocycles. The second kappa shape index (κ2) is 11.4. The number of anilines is 1. The van der Waals surface area contributed by atoms with E-state index in [1.807, 2.05) is 60.7 Å². The summed E-state index contributed by atoms with van der Waals surface area (Å²) in [7, 11) is 1.51. The highest BCUT2D eigenvalue weighted by molar-refractivity contribution is 5.81. The Bertz CT molecular complexity index is 1030. The van der Waals surface area contributed by atoms with Gasteiger partial charge < -0.3 is 25.3 Å². The molecule has 0 aliphatic rings. The smallest absolute Gasteiger partial charge is 0.408 e. The third-order valence-corrected chi connectivity index (χ3v) is 4.75. The summed E-state index contributed by atoms with van der Waals surface area (Å²) >= 11 is 0. The van der Waals surface area contributed by atoms with Crippen LogP contribution in [0.15, 0.2) is 78.9 Å². The van der Waals surface area contributed by atoms with Crippen molar-refractivity contribution in [3.63, 3.8) is 0 Å². The number of carbonyl (C=O) groups excluding carboxylic acids is 2. The molecule has 7 nitrogen and oxygen atoms in total. The SMILES string of the molecule is COc1cc(C[C@H](NC(=O)OCc2ccccc2)C(=O)OCc2ccccc2)ccc1N. The number of benzene rings is 3. The first-order valence-corrected chi connectivity index (χ1v) is 10.2. The van der Waals surface area contributed by atoms with Crippen molar-refractivity contribution in [2.75, 3.05) is 12.8 Å². The van der Waals surface area contributed by atoms with Gasteiger partial charge in [0, 0.05) is 6.42 Å². The molecule has 0 aliphatic carbocycles. The molecule has 0 unspecified atom stereocenters. The van der Waals surface area contributed by atoms with Crippen molar-refractivity contribution in [2.45, 2.75) is 25.7 Å². The van der Waals surface area contributed by atoms with E-state index in [-0.39, 0.29) is 19.6 Å². The summed E-state index contributed by atoms with van der Waals surface area (Å²) < 4.78 is 16.0. The van der Waals surface area contributed by atoms with Crippen LogP contribution >= 0.6 is 0 Å². The van der Waals surface area contributed by atoms with Crippen molar-refractivity contribution in [1.82, 2.24) is 5.32 Å². The maximum Gasteiger partial charge on any atom is 0.408 e. The monoisotopic (exact) mass is 434 g/mol.